The number of likely N-dealkylation sites (N-methyl/N-ethyl adjacent to an activating group) is 1. The van der Waals surface area contributed by atoms with Crippen molar-refractivity contribution in [3.63, 3.8) is 0 Å². The zero-order valence-corrected chi connectivity index (χ0v) is 18.9. The van der Waals surface area contributed by atoms with Gasteiger partial charge < -0.3 is 14.5 Å². The maximum absolute atomic E-state index is 5.66. The van der Waals surface area contributed by atoms with Gasteiger partial charge in [0.2, 0.25) is 0 Å². The summed E-state index contributed by atoms with van der Waals surface area (Å²) in [5.41, 5.74) is 5.98. The molecule has 0 amide bonds. The van der Waals surface area contributed by atoms with E-state index >= 15 is 0 Å². The Morgan fingerprint density at radius 3 is 2.61 bits per heavy atom. The number of benzene rings is 2. The molecular weight excluding hydrogens is 404 g/mol. The molecule has 0 spiro atoms. The van der Waals surface area contributed by atoms with E-state index in [1.54, 1.807) is 11.3 Å². The lowest BCUT2D eigenvalue weighted by Crippen LogP contribution is -2.44. The SMILES string of the molecule is Cc1nc(N2COC=C2c2ccccc2)sc1Cc1cccc(N2CCN(C)CC2)c1. The average molecular weight is 433 g/mol. The summed E-state index contributed by atoms with van der Waals surface area (Å²) >= 11 is 1.77. The van der Waals surface area contributed by atoms with Crippen molar-refractivity contribution >= 4 is 27.9 Å². The third kappa shape index (κ3) is 4.31. The van der Waals surface area contributed by atoms with E-state index in [-0.39, 0.29) is 0 Å². The van der Waals surface area contributed by atoms with Crippen LogP contribution in [0.5, 0.6) is 0 Å². The summed E-state index contributed by atoms with van der Waals surface area (Å²) in [7, 11) is 2.20. The summed E-state index contributed by atoms with van der Waals surface area (Å²) < 4.78 is 5.66. The van der Waals surface area contributed by atoms with Crippen LogP contribution in [0.3, 0.4) is 0 Å². The highest BCUT2D eigenvalue weighted by Gasteiger charge is 2.24. The molecule has 0 saturated carbocycles. The third-order valence-corrected chi connectivity index (χ3v) is 7.20. The molecule has 5 nitrogen and oxygen atoms in total. The Morgan fingerprint density at radius 1 is 1.00 bits per heavy atom. The van der Waals surface area contributed by atoms with E-state index in [9.17, 15) is 0 Å². The molecule has 0 atom stereocenters. The molecule has 0 aliphatic carbocycles. The highest BCUT2D eigenvalue weighted by molar-refractivity contribution is 7.15. The normalized spacial score (nSPS) is 17.0. The number of piperazine rings is 1. The van der Waals surface area contributed by atoms with E-state index < -0.39 is 0 Å². The van der Waals surface area contributed by atoms with Gasteiger partial charge in [0.1, 0.15) is 6.26 Å². The van der Waals surface area contributed by atoms with Gasteiger partial charge in [-0.05, 0) is 31.7 Å². The smallest absolute Gasteiger partial charge is 0.193 e. The number of anilines is 2. The predicted molar refractivity (Wildman–Crippen MR) is 129 cm³/mol. The van der Waals surface area contributed by atoms with Crippen LogP contribution in [0.1, 0.15) is 21.7 Å². The standard InChI is InChI=1S/C25H28N4OS/c1-19-24(16-20-7-6-10-22(15-20)28-13-11-27(2)12-14-28)31-25(26-19)29-18-30-17-23(29)21-8-4-3-5-9-21/h3-10,15,17H,11-14,16,18H2,1-2H3. The Balaban J connectivity index is 1.34. The van der Waals surface area contributed by atoms with Gasteiger partial charge in [-0.1, -0.05) is 42.5 Å². The first-order valence-corrected chi connectivity index (χ1v) is 11.6. The minimum absolute atomic E-state index is 0.509. The number of aromatic nitrogens is 1. The van der Waals surface area contributed by atoms with Crippen molar-refractivity contribution in [3.8, 4) is 0 Å². The molecular formula is C25H28N4OS. The molecule has 160 valence electrons. The maximum Gasteiger partial charge on any atom is 0.193 e. The Kier molecular flexibility index (Phi) is 5.66. The zero-order chi connectivity index (χ0) is 21.2. The monoisotopic (exact) mass is 432 g/mol. The molecule has 2 aromatic carbocycles. The number of ether oxygens (including phenoxy) is 1. The fraction of sp³-hybridized carbons (Fsp3) is 0.320. The second-order valence-corrected chi connectivity index (χ2v) is 9.30. The molecule has 3 heterocycles. The summed E-state index contributed by atoms with van der Waals surface area (Å²) in [4.78, 5) is 13.3. The van der Waals surface area contributed by atoms with Gasteiger partial charge in [0.15, 0.2) is 11.9 Å². The minimum Gasteiger partial charge on any atom is -0.478 e. The molecule has 6 heteroatoms. The van der Waals surface area contributed by atoms with Crippen LogP contribution in [-0.2, 0) is 11.2 Å². The van der Waals surface area contributed by atoms with E-state index in [1.165, 1.54) is 16.1 Å². The molecule has 2 aliphatic heterocycles. The van der Waals surface area contributed by atoms with E-state index in [4.69, 9.17) is 9.72 Å². The van der Waals surface area contributed by atoms with Crippen molar-refractivity contribution in [1.82, 2.24) is 9.88 Å². The van der Waals surface area contributed by atoms with Crippen molar-refractivity contribution in [2.45, 2.75) is 13.3 Å². The van der Waals surface area contributed by atoms with Gasteiger partial charge in [-0.25, -0.2) is 4.98 Å². The maximum atomic E-state index is 5.66. The number of nitrogens with zero attached hydrogens (tertiary/aromatic N) is 4. The minimum atomic E-state index is 0.509. The fourth-order valence-electron chi connectivity index (χ4n) is 4.12. The van der Waals surface area contributed by atoms with Crippen LogP contribution in [0.4, 0.5) is 10.8 Å². The third-order valence-electron chi connectivity index (χ3n) is 6.01. The fourth-order valence-corrected chi connectivity index (χ4v) is 5.22. The Bertz CT molecular complexity index is 1070. The van der Waals surface area contributed by atoms with Gasteiger partial charge in [-0.2, -0.15) is 0 Å². The first-order chi connectivity index (χ1) is 15.2. The van der Waals surface area contributed by atoms with Crippen molar-refractivity contribution in [1.29, 1.82) is 0 Å². The van der Waals surface area contributed by atoms with Crippen LogP contribution in [0.2, 0.25) is 0 Å². The highest BCUT2D eigenvalue weighted by Crippen LogP contribution is 2.35. The van der Waals surface area contributed by atoms with Crippen LogP contribution < -0.4 is 9.80 Å². The zero-order valence-electron chi connectivity index (χ0n) is 18.1. The van der Waals surface area contributed by atoms with Crippen LogP contribution >= 0.6 is 11.3 Å². The number of thiazole rings is 1. The lowest BCUT2D eigenvalue weighted by Gasteiger charge is -2.34. The highest BCUT2D eigenvalue weighted by atomic mass is 32.1. The lowest BCUT2D eigenvalue weighted by atomic mass is 10.1. The molecule has 31 heavy (non-hydrogen) atoms. The van der Waals surface area contributed by atoms with Gasteiger partial charge in [0, 0.05) is 48.7 Å². The molecule has 3 aromatic rings. The largest absolute Gasteiger partial charge is 0.478 e. The topological polar surface area (TPSA) is 31.8 Å². The second kappa shape index (κ2) is 8.73. The summed E-state index contributed by atoms with van der Waals surface area (Å²) in [5, 5.41) is 0.996. The first kappa shape index (κ1) is 20.1. The van der Waals surface area contributed by atoms with E-state index in [0.717, 1.165) is 54.7 Å². The lowest BCUT2D eigenvalue weighted by molar-refractivity contribution is 0.282. The number of hydrogen-bond acceptors (Lipinski definition) is 6. The molecule has 5 rings (SSSR count). The first-order valence-electron chi connectivity index (χ1n) is 10.8. The number of rotatable bonds is 5. The molecule has 2 aliphatic rings. The van der Waals surface area contributed by atoms with Crippen molar-refractivity contribution < 1.29 is 4.74 Å². The van der Waals surface area contributed by atoms with Gasteiger partial charge in [0.05, 0.1) is 11.4 Å². The van der Waals surface area contributed by atoms with Crippen molar-refractivity contribution in [3.05, 3.63) is 82.6 Å². The van der Waals surface area contributed by atoms with E-state index in [2.05, 4.69) is 77.2 Å². The Hall–Kier alpha value is -2.83. The van der Waals surface area contributed by atoms with Gasteiger partial charge in [-0.3, -0.25) is 4.90 Å². The number of hydrogen-bond donors (Lipinski definition) is 0. The molecule has 0 unspecified atom stereocenters. The average Bonchev–Trinajstić information content (AvgIpc) is 3.42. The van der Waals surface area contributed by atoms with Crippen LogP contribution in [0.15, 0.2) is 60.9 Å². The van der Waals surface area contributed by atoms with Gasteiger partial charge >= 0.3 is 0 Å². The van der Waals surface area contributed by atoms with E-state index in [1.807, 2.05) is 12.3 Å². The quantitative estimate of drug-likeness (QED) is 0.589. The Morgan fingerprint density at radius 2 is 1.81 bits per heavy atom. The second-order valence-electron chi connectivity index (χ2n) is 8.23. The molecule has 1 fully saturated rings. The van der Waals surface area contributed by atoms with Gasteiger partial charge in [0.25, 0.3) is 0 Å². The van der Waals surface area contributed by atoms with E-state index in [0.29, 0.717) is 6.73 Å². The van der Waals surface area contributed by atoms with Crippen molar-refractivity contribution in [2.24, 2.45) is 0 Å². The molecule has 0 N–H and O–H groups in total. The van der Waals surface area contributed by atoms with Crippen LogP contribution in [0, 0.1) is 6.92 Å². The van der Waals surface area contributed by atoms with Crippen LogP contribution in [-0.4, -0.2) is 49.8 Å². The molecule has 1 saturated heterocycles. The van der Waals surface area contributed by atoms with Crippen molar-refractivity contribution in [2.75, 3.05) is 49.8 Å². The summed E-state index contributed by atoms with van der Waals surface area (Å²) in [6.07, 6.45) is 2.75. The van der Waals surface area contributed by atoms with Gasteiger partial charge in [-0.15, -0.1) is 11.3 Å². The summed E-state index contributed by atoms with van der Waals surface area (Å²) in [6, 6.07) is 19.4. The predicted octanol–water partition coefficient (Wildman–Crippen LogP) is 4.59. The van der Waals surface area contributed by atoms with Crippen LogP contribution in [0.25, 0.3) is 5.70 Å². The summed E-state index contributed by atoms with van der Waals surface area (Å²) in [6.45, 7) is 7.05. The molecule has 1 aromatic heterocycles. The molecule has 0 bridgehead atoms. The summed E-state index contributed by atoms with van der Waals surface area (Å²) in [5.74, 6) is 0. The Labute approximate surface area is 188 Å². The number of aryl methyl sites for hydroxylation is 1. The molecule has 0 radical (unpaired) electrons.